The molecule has 0 heteroatoms. The van der Waals surface area contributed by atoms with Gasteiger partial charge in [0.2, 0.25) is 0 Å². The zero-order valence-corrected chi connectivity index (χ0v) is 9.56. The Kier molecular flexibility index (Phi) is 6.51. The van der Waals surface area contributed by atoms with Gasteiger partial charge < -0.3 is 0 Å². The fourth-order valence-corrected chi connectivity index (χ4v) is 2.05. The molecule has 0 aliphatic heterocycles. The van der Waals surface area contributed by atoms with Crippen molar-refractivity contribution in [2.45, 2.75) is 60.3 Å². The van der Waals surface area contributed by atoms with Gasteiger partial charge in [-0.15, -0.1) is 0 Å². The van der Waals surface area contributed by atoms with E-state index in [0.717, 1.165) is 17.8 Å². The third-order valence-corrected chi connectivity index (χ3v) is 3.47. The van der Waals surface area contributed by atoms with Gasteiger partial charge in [-0.1, -0.05) is 60.3 Å². The van der Waals surface area contributed by atoms with Crippen LogP contribution in [0.3, 0.4) is 0 Å². The van der Waals surface area contributed by atoms with Crippen LogP contribution in [0.2, 0.25) is 0 Å². The summed E-state index contributed by atoms with van der Waals surface area (Å²) in [5, 5.41) is 0. The molecule has 0 amide bonds. The van der Waals surface area contributed by atoms with Crippen molar-refractivity contribution in [2.75, 3.05) is 0 Å². The summed E-state index contributed by atoms with van der Waals surface area (Å²) >= 11 is 0. The fraction of sp³-hybridized carbons (Fsp3) is 1.00. The average Bonchev–Trinajstić information content (AvgIpc) is 2.11. The first-order valence-electron chi connectivity index (χ1n) is 5.67. The van der Waals surface area contributed by atoms with Gasteiger partial charge in [0.15, 0.2) is 0 Å². The Labute approximate surface area is 78.8 Å². The molecule has 0 nitrogen and oxygen atoms in total. The van der Waals surface area contributed by atoms with Gasteiger partial charge in [0.05, 0.1) is 0 Å². The predicted octanol–water partition coefficient (Wildman–Crippen LogP) is 4.49. The highest BCUT2D eigenvalue weighted by atomic mass is 14.2. The summed E-state index contributed by atoms with van der Waals surface area (Å²) in [6.07, 6.45) is 5.46. The Balaban J connectivity index is 3.91. The quantitative estimate of drug-likeness (QED) is 0.551. The van der Waals surface area contributed by atoms with E-state index in [9.17, 15) is 0 Å². The van der Waals surface area contributed by atoms with Gasteiger partial charge in [0.1, 0.15) is 0 Å². The molecule has 0 saturated carbocycles. The van der Waals surface area contributed by atoms with Gasteiger partial charge in [0, 0.05) is 0 Å². The van der Waals surface area contributed by atoms with Gasteiger partial charge in [0.25, 0.3) is 0 Å². The standard InChI is InChI=1S/C12H26/c1-6-9-12(8-3)11(5)10(4)7-2/h10-12H,6-9H2,1-5H3. The second kappa shape index (κ2) is 6.51. The number of rotatable bonds is 6. The molecule has 0 aromatic carbocycles. The molecule has 0 aromatic rings. The van der Waals surface area contributed by atoms with E-state index in [1.54, 1.807) is 0 Å². The summed E-state index contributed by atoms with van der Waals surface area (Å²) in [4.78, 5) is 0. The van der Waals surface area contributed by atoms with Crippen LogP contribution in [0.15, 0.2) is 0 Å². The lowest BCUT2D eigenvalue weighted by molar-refractivity contribution is 0.235. The molecule has 12 heavy (non-hydrogen) atoms. The molecule has 0 heterocycles. The first kappa shape index (κ1) is 12.0. The van der Waals surface area contributed by atoms with E-state index in [2.05, 4.69) is 34.6 Å². The first-order valence-corrected chi connectivity index (χ1v) is 5.67. The van der Waals surface area contributed by atoms with E-state index >= 15 is 0 Å². The molecule has 0 bridgehead atoms. The summed E-state index contributed by atoms with van der Waals surface area (Å²) in [5.41, 5.74) is 0. The number of hydrogen-bond donors (Lipinski definition) is 0. The van der Waals surface area contributed by atoms with Crippen molar-refractivity contribution in [3.05, 3.63) is 0 Å². The van der Waals surface area contributed by atoms with Crippen molar-refractivity contribution in [2.24, 2.45) is 17.8 Å². The third kappa shape index (κ3) is 3.60. The molecule has 0 aliphatic rings. The van der Waals surface area contributed by atoms with Gasteiger partial charge in [-0.05, 0) is 17.8 Å². The Hall–Kier alpha value is 0. The lowest BCUT2D eigenvalue weighted by atomic mass is 9.79. The summed E-state index contributed by atoms with van der Waals surface area (Å²) in [5.74, 6) is 2.78. The smallest absolute Gasteiger partial charge is 0.0389 e. The normalized spacial score (nSPS) is 18.8. The lowest BCUT2D eigenvalue weighted by Gasteiger charge is -2.27. The van der Waals surface area contributed by atoms with Crippen molar-refractivity contribution in [1.29, 1.82) is 0 Å². The van der Waals surface area contributed by atoms with Crippen LogP contribution in [0.1, 0.15) is 60.3 Å². The first-order chi connectivity index (χ1) is 5.67. The Morgan fingerprint density at radius 1 is 0.917 bits per heavy atom. The molecular weight excluding hydrogens is 144 g/mol. The maximum atomic E-state index is 2.43. The Morgan fingerprint density at radius 3 is 1.83 bits per heavy atom. The van der Waals surface area contributed by atoms with E-state index in [0.29, 0.717) is 0 Å². The van der Waals surface area contributed by atoms with Gasteiger partial charge in [-0.2, -0.15) is 0 Å². The molecule has 0 aliphatic carbocycles. The highest BCUT2D eigenvalue weighted by molar-refractivity contribution is 4.69. The molecule has 0 spiro atoms. The maximum Gasteiger partial charge on any atom is -0.0389 e. The summed E-state index contributed by atoms with van der Waals surface area (Å²) in [6, 6.07) is 0. The van der Waals surface area contributed by atoms with E-state index in [1.165, 1.54) is 25.7 Å². The second-order valence-corrected chi connectivity index (χ2v) is 4.20. The lowest BCUT2D eigenvalue weighted by Crippen LogP contribution is -2.17. The van der Waals surface area contributed by atoms with E-state index < -0.39 is 0 Å². The molecule has 74 valence electrons. The monoisotopic (exact) mass is 170 g/mol. The van der Waals surface area contributed by atoms with Crippen LogP contribution in [0.4, 0.5) is 0 Å². The highest BCUT2D eigenvalue weighted by Crippen LogP contribution is 2.28. The van der Waals surface area contributed by atoms with Crippen LogP contribution in [0.25, 0.3) is 0 Å². The Morgan fingerprint density at radius 2 is 1.50 bits per heavy atom. The number of hydrogen-bond acceptors (Lipinski definition) is 0. The Bertz CT molecular complexity index is 96.2. The summed E-state index contributed by atoms with van der Waals surface area (Å²) in [7, 11) is 0. The van der Waals surface area contributed by atoms with Crippen molar-refractivity contribution >= 4 is 0 Å². The van der Waals surface area contributed by atoms with Crippen molar-refractivity contribution < 1.29 is 0 Å². The van der Waals surface area contributed by atoms with Crippen molar-refractivity contribution in [3.8, 4) is 0 Å². The van der Waals surface area contributed by atoms with Crippen LogP contribution >= 0.6 is 0 Å². The summed E-state index contributed by atoms with van der Waals surface area (Å²) < 4.78 is 0. The SMILES string of the molecule is CCCC(CC)C(C)C(C)CC. The molecule has 0 saturated heterocycles. The minimum Gasteiger partial charge on any atom is -0.0654 e. The summed E-state index contributed by atoms with van der Waals surface area (Å²) in [6.45, 7) is 11.8. The molecule has 0 rings (SSSR count). The van der Waals surface area contributed by atoms with Crippen LogP contribution in [-0.4, -0.2) is 0 Å². The molecule has 3 unspecified atom stereocenters. The van der Waals surface area contributed by atoms with Crippen molar-refractivity contribution in [1.82, 2.24) is 0 Å². The molecular formula is C12H26. The van der Waals surface area contributed by atoms with Gasteiger partial charge in [-0.25, -0.2) is 0 Å². The largest absolute Gasteiger partial charge is 0.0654 e. The van der Waals surface area contributed by atoms with Crippen LogP contribution in [0, 0.1) is 17.8 Å². The third-order valence-electron chi connectivity index (χ3n) is 3.47. The van der Waals surface area contributed by atoms with E-state index in [1.807, 2.05) is 0 Å². The van der Waals surface area contributed by atoms with E-state index in [4.69, 9.17) is 0 Å². The minimum atomic E-state index is 0.904. The van der Waals surface area contributed by atoms with E-state index in [-0.39, 0.29) is 0 Å². The molecule has 0 N–H and O–H groups in total. The average molecular weight is 170 g/mol. The maximum absolute atomic E-state index is 2.43. The molecule has 0 aromatic heterocycles. The molecule has 3 atom stereocenters. The topological polar surface area (TPSA) is 0 Å². The predicted molar refractivity (Wildman–Crippen MR) is 57.3 cm³/mol. The van der Waals surface area contributed by atoms with Crippen LogP contribution in [-0.2, 0) is 0 Å². The van der Waals surface area contributed by atoms with Crippen LogP contribution < -0.4 is 0 Å². The zero-order valence-electron chi connectivity index (χ0n) is 9.56. The van der Waals surface area contributed by atoms with Gasteiger partial charge >= 0.3 is 0 Å². The second-order valence-electron chi connectivity index (χ2n) is 4.20. The highest BCUT2D eigenvalue weighted by Gasteiger charge is 2.18. The van der Waals surface area contributed by atoms with Gasteiger partial charge in [-0.3, -0.25) is 0 Å². The minimum absolute atomic E-state index is 0.904. The van der Waals surface area contributed by atoms with Crippen LogP contribution in [0.5, 0.6) is 0 Å². The zero-order chi connectivity index (χ0) is 9.56. The van der Waals surface area contributed by atoms with Crippen molar-refractivity contribution in [3.63, 3.8) is 0 Å². The fourth-order valence-electron chi connectivity index (χ4n) is 2.05. The molecule has 0 radical (unpaired) electrons. The molecule has 0 fully saturated rings.